The number of anilines is 1. The molecule has 1 heterocycles. The summed E-state index contributed by atoms with van der Waals surface area (Å²) >= 11 is 6.17. The minimum atomic E-state index is -1.76. The van der Waals surface area contributed by atoms with E-state index < -0.39 is 35.5 Å². The van der Waals surface area contributed by atoms with Gasteiger partial charge in [-0.05, 0) is 44.0 Å². The fraction of sp³-hybridized carbons (Fsp3) is 0.304. The molecule has 0 saturated carbocycles. The van der Waals surface area contributed by atoms with Crippen molar-refractivity contribution in [2.75, 3.05) is 12.4 Å². The summed E-state index contributed by atoms with van der Waals surface area (Å²) in [7, 11) is 1.49. The number of aryl methyl sites for hydroxylation is 1. The van der Waals surface area contributed by atoms with E-state index in [9.17, 15) is 19.2 Å². The molecular formula is C23H24ClN3O5. The molecular weight excluding hydrogens is 434 g/mol. The lowest BCUT2D eigenvalue weighted by Crippen LogP contribution is -2.56. The topological polar surface area (TPSA) is 96.0 Å². The molecule has 4 amide bonds. The summed E-state index contributed by atoms with van der Waals surface area (Å²) in [6.45, 7) is 4.79. The number of likely N-dealkylation sites (N-methyl/N-ethyl adjacent to an activating group) is 1. The van der Waals surface area contributed by atoms with Crippen LogP contribution in [0.1, 0.15) is 25.0 Å². The van der Waals surface area contributed by atoms with Crippen molar-refractivity contribution in [1.29, 1.82) is 0 Å². The van der Waals surface area contributed by atoms with Crippen molar-refractivity contribution in [1.82, 2.24) is 9.80 Å². The highest BCUT2D eigenvalue weighted by Gasteiger charge is 2.54. The van der Waals surface area contributed by atoms with E-state index in [1.165, 1.54) is 25.8 Å². The van der Waals surface area contributed by atoms with Gasteiger partial charge < -0.3 is 15.0 Å². The third-order valence-corrected chi connectivity index (χ3v) is 5.36. The molecule has 9 heteroatoms. The second-order valence-corrected chi connectivity index (χ2v) is 8.52. The summed E-state index contributed by atoms with van der Waals surface area (Å²) in [4.78, 5) is 53.8. The number of nitrogens with zero attached hydrogens (tertiary/aromatic N) is 2. The van der Waals surface area contributed by atoms with Crippen LogP contribution in [-0.2, 0) is 25.7 Å². The molecule has 8 nitrogen and oxygen atoms in total. The Labute approximate surface area is 191 Å². The highest BCUT2D eigenvalue weighted by atomic mass is 35.5. The normalized spacial score (nSPS) is 15.8. The first-order chi connectivity index (χ1) is 15.0. The van der Waals surface area contributed by atoms with E-state index in [2.05, 4.69) is 5.32 Å². The number of cyclic esters (lactones) is 1. The number of hydrogen-bond acceptors (Lipinski definition) is 5. The molecule has 1 saturated heterocycles. The number of nitrogens with one attached hydrogen (secondary N) is 1. The van der Waals surface area contributed by atoms with Crippen LogP contribution in [0.4, 0.5) is 10.5 Å². The first-order valence-electron chi connectivity index (χ1n) is 9.94. The third kappa shape index (κ3) is 4.75. The molecule has 0 bridgehead atoms. The van der Waals surface area contributed by atoms with Gasteiger partial charge in [-0.3, -0.25) is 14.4 Å². The fourth-order valence-electron chi connectivity index (χ4n) is 3.33. The zero-order chi connectivity index (χ0) is 23.6. The van der Waals surface area contributed by atoms with Gasteiger partial charge in [0.05, 0.1) is 10.7 Å². The van der Waals surface area contributed by atoms with E-state index >= 15 is 0 Å². The summed E-state index contributed by atoms with van der Waals surface area (Å²) in [5.41, 5.74) is 0.417. The molecule has 1 fully saturated rings. The molecule has 1 aliphatic heterocycles. The zero-order valence-electron chi connectivity index (χ0n) is 18.2. The van der Waals surface area contributed by atoms with Crippen molar-refractivity contribution in [3.05, 3.63) is 64.7 Å². The molecule has 0 spiro atoms. The van der Waals surface area contributed by atoms with E-state index in [-0.39, 0.29) is 17.3 Å². The first-order valence-corrected chi connectivity index (χ1v) is 10.3. The number of rotatable bonds is 6. The van der Waals surface area contributed by atoms with Crippen molar-refractivity contribution in [2.45, 2.75) is 39.0 Å². The van der Waals surface area contributed by atoms with Crippen LogP contribution >= 0.6 is 11.6 Å². The number of carbonyl (C=O) groups excluding carboxylic acids is 4. The van der Waals surface area contributed by atoms with Crippen molar-refractivity contribution in [3.63, 3.8) is 0 Å². The Bertz CT molecular complexity index is 1070. The average molecular weight is 458 g/mol. The second kappa shape index (κ2) is 9.00. The summed E-state index contributed by atoms with van der Waals surface area (Å²) in [6, 6.07) is 12.4. The number of halogens is 1. The van der Waals surface area contributed by atoms with Crippen LogP contribution in [0.15, 0.2) is 48.5 Å². The molecule has 3 rings (SSSR count). The Morgan fingerprint density at radius 2 is 1.81 bits per heavy atom. The Morgan fingerprint density at radius 3 is 2.41 bits per heavy atom. The summed E-state index contributed by atoms with van der Waals surface area (Å²) in [5.74, 6) is -2.39. The summed E-state index contributed by atoms with van der Waals surface area (Å²) in [6.07, 6.45) is -1.06. The Balaban J connectivity index is 1.94. The molecule has 168 valence electrons. The lowest BCUT2D eigenvalue weighted by molar-refractivity contribution is -0.147. The van der Waals surface area contributed by atoms with Gasteiger partial charge in [-0.15, -0.1) is 0 Å². The molecule has 2 aromatic carbocycles. The van der Waals surface area contributed by atoms with Gasteiger partial charge in [0.2, 0.25) is 6.04 Å². The predicted octanol–water partition coefficient (Wildman–Crippen LogP) is 3.37. The molecule has 32 heavy (non-hydrogen) atoms. The van der Waals surface area contributed by atoms with E-state index in [0.717, 1.165) is 11.1 Å². The predicted molar refractivity (Wildman–Crippen MR) is 119 cm³/mol. The van der Waals surface area contributed by atoms with Crippen LogP contribution in [0, 0.1) is 6.92 Å². The Morgan fingerprint density at radius 1 is 1.16 bits per heavy atom. The van der Waals surface area contributed by atoms with Gasteiger partial charge in [0.25, 0.3) is 17.7 Å². The molecule has 0 aromatic heterocycles. The standard InChI is InChI=1S/C23H24ClN3O5/c1-14-10-11-16(24)17(12-14)25-19(28)18(27-21(30)23(2,3)32-22(27)31)20(29)26(4)13-15-8-6-5-7-9-15/h5-12,18H,13H2,1-4H3,(H,25,28). The van der Waals surface area contributed by atoms with Gasteiger partial charge in [-0.25, -0.2) is 9.69 Å². The van der Waals surface area contributed by atoms with Crippen LogP contribution < -0.4 is 5.32 Å². The quantitative estimate of drug-likeness (QED) is 0.671. The molecule has 1 aliphatic rings. The highest BCUT2D eigenvalue weighted by Crippen LogP contribution is 2.28. The number of carbonyl (C=O) groups is 4. The van der Waals surface area contributed by atoms with E-state index in [1.54, 1.807) is 18.2 Å². The van der Waals surface area contributed by atoms with Crippen molar-refractivity contribution in [2.24, 2.45) is 0 Å². The lowest BCUT2D eigenvalue weighted by atomic mass is 10.1. The van der Waals surface area contributed by atoms with Gasteiger partial charge in [0, 0.05) is 13.6 Å². The molecule has 2 aromatic rings. The van der Waals surface area contributed by atoms with Crippen LogP contribution in [-0.4, -0.2) is 52.3 Å². The number of hydrogen-bond donors (Lipinski definition) is 1. The third-order valence-electron chi connectivity index (χ3n) is 5.03. The highest BCUT2D eigenvalue weighted by molar-refractivity contribution is 6.34. The molecule has 1 N–H and O–H groups in total. The maximum atomic E-state index is 13.4. The number of amides is 4. The maximum absolute atomic E-state index is 13.4. The van der Waals surface area contributed by atoms with Gasteiger partial charge >= 0.3 is 6.09 Å². The van der Waals surface area contributed by atoms with Crippen molar-refractivity contribution >= 4 is 41.1 Å². The maximum Gasteiger partial charge on any atom is 0.418 e. The lowest BCUT2D eigenvalue weighted by Gasteiger charge is -2.28. The molecule has 1 unspecified atom stereocenters. The largest absolute Gasteiger partial charge is 0.433 e. The minimum absolute atomic E-state index is 0.176. The molecule has 0 radical (unpaired) electrons. The van der Waals surface area contributed by atoms with Crippen LogP contribution in [0.3, 0.4) is 0 Å². The number of imide groups is 1. The summed E-state index contributed by atoms with van der Waals surface area (Å²) in [5, 5.41) is 2.83. The van der Waals surface area contributed by atoms with Gasteiger partial charge in [0.15, 0.2) is 5.60 Å². The Kier molecular flexibility index (Phi) is 6.55. The zero-order valence-corrected chi connectivity index (χ0v) is 19.0. The van der Waals surface area contributed by atoms with Crippen LogP contribution in [0.25, 0.3) is 0 Å². The monoisotopic (exact) mass is 457 g/mol. The molecule has 0 aliphatic carbocycles. The van der Waals surface area contributed by atoms with E-state index in [1.807, 2.05) is 37.3 Å². The average Bonchev–Trinajstić information content (AvgIpc) is 2.93. The number of benzene rings is 2. The van der Waals surface area contributed by atoms with Gasteiger partial charge in [-0.2, -0.15) is 0 Å². The van der Waals surface area contributed by atoms with Gasteiger partial charge in [0.1, 0.15) is 0 Å². The van der Waals surface area contributed by atoms with Crippen molar-refractivity contribution < 1.29 is 23.9 Å². The van der Waals surface area contributed by atoms with Gasteiger partial charge in [-0.1, -0.05) is 48.0 Å². The van der Waals surface area contributed by atoms with Crippen LogP contribution in [0.2, 0.25) is 5.02 Å². The van der Waals surface area contributed by atoms with Crippen molar-refractivity contribution in [3.8, 4) is 0 Å². The summed E-state index contributed by atoms with van der Waals surface area (Å²) < 4.78 is 5.11. The first kappa shape index (κ1) is 23.3. The number of ether oxygens (including phenoxy) is 1. The van der Waals surface area contributed by atoms with E-state index in [0.29, 0.717) is 4.90 Å². The van der Waals surface area contributed by atoms with Crippen LogP contribution in [0.5, 0.6) is 0 Å². The second-order valence-electron chi connectivity index (χ2n) is 8.11. The van der Waals surface area contributed by atoms with E-state index in [4.69, 9.17) is 16.3 Å². The molecule has 1 atom stereocenters. The Hall–Kier alpha value is -3.39. The SMILES string of the molecule is Cc1ccc(Cl)c(NC(=O)C(C(=O)N(C)Cc2ccccc2)N2C(=O)OC(C)(C)C2=O)c1. The minimum Gasteiger partial charge on any atom is -0.433 e. The smallest absolute Gasteiger partial charge is 0.418 e. The fourth-order valence-corrected chi connectivity index (χ4v) is 3.49.